The van der Waals surface area contributed by atoms with Crippen LogP contribution in [0.3, 0.4) is 0 Å². The molecule has 1 aliphatic carbocycles. The van der Waals surface area contributed by atoms with Gasteiger partial charge >= 0.3 is 0 Å². The van der Waals surface area contributed by atoms with Crippen LogP contribution in [0.5, 0.6) is 0 Å². The first kappa shape index (κ1) is 11.4. The summed E-state index contributed by atoms with van der Waals surface area (Å²) in [6.45, 7) is -1.58. The second-order valence-electron chi connectivity index (χ2n) is 3.86. The van der Waals surface area contributed by atoms with E-state index in [-0.39, 0.29) is 0 Å². The van der Waals surface area contributed by atoms with Gasteiger partial charge in [-0.25, -0.2) is 0 Å². The smallest absolute Gasteiger partial charge is 0.240 e. The van der Waals surface area contributed by atoms with E-state index in [0.717, 1.165) is 0 Å². The third-order valence-corrected chi connectivity index (χ3v) is 2.53. The Morgan fingerprint density at radius 1 is 1.29 bits per heavy atom. The number of hydrogen-bond donors (Lipinski definition) is 5. The maximum absolute atomic E-state index is 11.4. The molecular formula is C8H16N2O4. The van der Waals surface area contributed by atoms with E-state index in [1.54, 1.807) is 0 Å². The molecule has 0 radical (unpaired) electrons. The van der Waals surface area contributed by atoms with E-state index in [9.17, 15) is 4.79 Å². The lowest BCUT2D eigenvalue weighted by molar-refractivity contribution is -0.127. The van der Waals surface area contributed by atoms with Gasteiger partial charge in [-0.2, -0.15) is 0 Å². The van der Waals surface area contributed by atoms with Crippen molar-refractivity contribution >= 4 is 5.91 Å². The number of aliphatic hydroxyl groups is 3. The van der Waals surface area contributed by atoms with Crippen molar-refractivity contribution in [3.05, 3.63) is 0 Å². The molecule has 0 atom stereocenters. The summed E-state index contributed by atoms with van der Waals surface area (Å²) in [7, 11) is 0. The van der Waals surface area contributed by atoms with Gasteiger partial charge in [0.1, 0.15) is 5.54 Å². The SMILES string of the molecule is NC1(C(=O)NC(CO)(CO)CO)CC1. The highest BCUT2D eigenvalue weighted by molar-refractivity contribution is 5.89. The van der Waals surface area contributed by atoms with Crippen LogP contribution in [0.4, 0.5) is 0 Å². The fourth-order valence-corrected chi connectivity index (χ4v) is 0.996. The number of carbonyl (C=O) groups excluding carboxylic acids is 1. The van der Waals surface area contributed by atoms with Crippen LogP contribution in [0.25, 0.3) is 0 Å². The van der Waals surface area contributed by atoms with E-state index >= 15 is 0 Å². The second kappa shape index (κ2) is 3.82. The van der Waals surface area contributed by atoms with E-state index in [1.165, 1.54) is 0 Å². The van der Waals surface area contributed by atoms with E-state index in [4.69, 9.17) is 21.1 Å². The van der Waals surface area contributed by atoms with Crippen LogP contribution >= 0.6 is 0 Å². The molecular weight excluding hydrogens is 188 g/mol. The zero-order valence-corrected chi connectivity index (χ0v) is 7.86. The van der Waals surface area contributed by atoms with Gasteiger partial charge in [0.15, 0.2) is 0 Å². The van der Waals surface area contributed by atoms with Crippen molar-refractivity contribution in [1.29, 1.82) is 0 Å². The molecule has 1 saturated carbocycles. The van der Waals surface area contributed by atoms with Crippen LogP contribution < -0.4 is 11.1 Å². The highest BCUT2D eigenvalue weighted by Gasteiger charge is 2.48. The Kier molecular flexibility index (Phi) is 3.10. The summed E-state index contributed by atoms with van der Waals surface area (Å²) in [5.41, 5.74) is 3.37. The minimum Gasteiger partial charge on any atom is -0.394 e. The van der Waals surface area contributed by atoms with Crippen LogP contribution in [0.2, 0.25) is 0 Å². The highest BCUT2D eigenvalue weighted by atomic mass is 16.3. The van der Waals surface area contributed by atoms with Crippen molar-refractivity contribution in [2.24, 2.45) is 5.73 Å². The van der Waals surface area contributed by atoms with Crippen LogP contribution in [0, 0.1) is 0 Å². The Labute approximate surface area is 81.7 Å². The molecule has 6 heteroatoms. The molecule has 0 aromatic heterocycles. The number of hydrogen-bond acceptors (Lipinski definition) is 5. The number of amides is 1. The maximum Gasteiger partial charge on any atom is 0.240 e. The largest absolute Gasteiger partial charge is 0.394 e. The topological polar surface area (TPSA) is 116 Å². The third-order valence-electron chi connectivity index (χ3n) is 2.53. The summed E-state index contributed by atoms with van der Waals surface area (Å²) < 4.78 is 0. The molecule has 0 saturated heterocycles. The van der Waals surface area contributed by atoms with Crippen molar-refractivity contribution in [2.45, 2.75) is 23.9 Å². The van der Waals surface area contributed by atoms with Crippen LogP contribution in [-0.4, -0.2) is 52.1 Å². The van der Waals surface area contributed by atoms with Gasteiger partial charge in [-0.15, -0.1) is 0 Å². The number of carbonyl (C=O) groups is 1. The molecule has 0 spiro atoms. The number of nitrogens with one attached hydrogen (secondary N) is 1. The molecule has 0 aromatic rings. The lowest BCUT2D eigenvalue weighted by Gasteiger charge is -2.29. The highest BCUT2D eigenvalue weighted by Crippen LogP contribution is 2.32. The van der Waals surface area contributed by atoms with Gasteiger partial charge in [0.2, 0.25) is 5.91 Å². The Hall–Kier alpha value is -0.690. The first-order chi connectivity index (χ1) is 6.52. The molecule has 1 rings (SSSR count). The van der Waals surface area contributed by atoms with Crippen molar-refractivity contribution in [3.8, 4) is 0 Å². The lowest BCUT2D eigenvalue weighted by Crippen LogP contribution is -2.61. The summed E-state index contributed by atoms with van der Waals surface area (Å²) in [6.07, 6.45) is 1.19. The molecule has 0 aliphatic heterocycles. The minimum absolute atomic E-state index is 0.436. The predicted molar refractivity (Wildman–Crippen MR) is 48.3 cm³/mol. The normalized spacial score (nSPS) is 19.1. The molecule has 82 valence electrons. The first-order valence-electron chi connectivity index (χ1n) is 4.46. The molecule has 0 heterocycles. The summed E-state index contributed by atoms with van der Waals surface area (Å²) in [5, 5.41) is 29.2. The molecule has 1 fully saturated rings. The first-order valence-corrected chi connectivity index (χ1v) is 4.46. The van der Waals surface area contributed by atoms with E-state index in [1.807, 2.05) is 0 Å². The fraction of sp³-hybridized carbons (Fsp3) is 0.875. The third kappa shape index (κ3) is 2.03. The fourth-order valence-electron chi connectivity index (χ4n) is 0.996. The van der Waals surface area contributed by atoms with Crippen LogP contribution in [-0.2, 0) is 4.79 Å². The molecule has 0 unspecified atom stereocenters. The number of rotatable bonds is 5. The average Bonchev–Trinajstić information content (AvgIpc) is 2.94. The quantitative estimate of drug-likeness (QED) is 0.334. The zero-order chi connectivity index (χ0) is 10.8. The van der Waals surface area contributed by atoms with Crippen molar-refractivity contribution < 1.29 is 20.1 Å². The maximum atomic E-state index is 11.4. The van der Waals surface area contributed by atoms with E-state index in [2.05, 4.69) is 5.32 Å². The number of aliphatic hydroxyl groups excluding tert-OH is 3. The van der Waals surface area contributed by atoms with Gasteiger partial charge in [0.05, 0.1) is 25.4 Å². The van der Waals surface area contributed by atoms with Crippen LogP contribution in [0.15, 0.2) is 0 Å². The molecule has 6 nitrogen and oxygen atoms in total. The monoisotopic (exact) mass is 204 g/mol. The van der Waals surface area contributed by atoms with Gasteiger partial charge in [-0.3, -0.25) is 4.79 Å². The van der Waals surface area contributed by atoms with Gasteiger partial charge in [-0.1, -0.05) is 0 Å². The molecule has 6 N–H and O–H groups in total. The lowest BCUT2D eigenvalue weighted by atomic mass is 10.0. The van der Waals surface area contributed by atoms with Crippen molar-refractivity contribution in [1.82, 2.24) is 5.32 Å². The summed E-state index contributed by atoms with van der Waals surface area (Å²) >= 11 is 0. The zero-order valence-electron chi connectivity index (χ0n) is 7.86. The Morgan fingerprint density at radius 3 is 2.00 bits per heavy atom. The molecule has 1 aliphatic rings. The second-order valence-corrected chi connectivity index (χ2v) is 3.86. The van der Waals surface area contributed by atoms with Gasteiger partial charge in [0.25, 0.3) is 0 Å². The minimum atomic E-state index is -1.37. The van der Waals surface area contributed by atoms with Crippen molar-refractivity contribution in [3.63, 3.8) is 0 Å². The Bertz CT molecular complexity index is 215. The molecule has 14 heavy (non-hydrogen) atoms. The Morgan fingerprint density at radius 2 is 1.71 bits per heavy atom. The van der Waals surface area contributed by atoms with Gasteiger partial charge < -0.3 is 26.4 Å². The molecule has 0 bridgehead atoms. The van der Waals surface area contributed by atoms with Gasteiger partial charge in [-0.05, 0) is 12.8 Å². The average molecular weight is 204 g/mol. The summed E-state index contributed by atoms with van der Waals surface area (Å²) in [5.74, 6) is -0.436. The molecule has 1 amide bonds. The standard InChI is InChI=1S/C8H16N2O4/c9-8(1-2-8)6(14)10-7(3-11,4-12)5-13/h11-13H,1-5,9H2,(H,10,14). The number of nitrogens with two attached hydrogens (primary N) is 1. The Balaban J connectivity index is 2.59. The van der Waals surface area contributed by atoms with Crippen LogP contribution in [0.1, 0.15) is 12.8 Å². The van der Waals surface area contributed by atoms with Crippen molar-refractivity contribution in [2.75, 3.05) is 19.8 Å². The van der Waals surface area contributed by atoms with E-state index < -0.39 is 36.8 Å². The van der Waals surface area contributed by atoms with E-state index in [0.29, 0.717) is 12.8 Å². The predicted octanol–water partition coefficient (Wildman–Crippen LogP) is -2.69. The molecule has 0 aromatic carbocycles. The van der Waals surface area contributed by atoms with Gasteiger partial charge in [0, 0.05) is 0 Å². The summed E-state index contributed by atoms with van der Waals surface area (Å²) in [4.78, 5) is 11.4. The summed E-state index contributed by atoms with van der Waals surface area (Å²) in [6, 6.07) is 0.